The number of rotatable bonds is 4. The highest BCUT2D eigenvalue weighted by atomic mass is 16.2. The van der Waals surface area contributed by atoms with Crippen LogP contribution in [0, 0.1) is 5.92 Å². The summed E-state index contributed by atoms with van der Waals surface area (Å²) in [5.41, 5.74) is 2.34. The fourth-order valence-corrected chi connectivity index (χ4v) is 2.56. The van der Waals surface area contributed by atoms with Gasteiger partial charge in [-0.1, -0.05) is 26.0 Å². The average molecular weight is 260 g/mol. The molecular weight excluding hydrogens is 236 g/mol. The predicted molar refractivity (Wildman–Crippen MR) is 79.3 cm³/mol. The molecule has 1 unspecified atom stereocenters. The Morgan fingerprint density at radius 3 is 2.74 bits per heavy atom. The van der Waals surface area contributed by atoms with Crippen molar-refractivity contribution in [1.82, 2.24) is 4.90 Å². The van der Waals surface area contributed by atoms with Gasteiger partial charge in [-0.2, -0.15) is 0 Å². The van der Waals surface area contributed by atoms with Gasteiger partial charge in [-0.15, -0.1) is 0 Å². The van der Waals surface area contributed by atoms with Crippen LogP contribution in [0.3, 0.4) is 0 Å². The second kappa shape index (κ2) is 6.60. The molecule has 3 nitrogen and oxygen atoms in total. The molecule has 1 amide bonds. The second-order valence-electron chi connectivity index (χ2n) is 5.49. The van der Waals surface area contributed by atoms with E-state index in [0.29, 0.717) is 12.5 Å². The highest BCUT2D eigenvalue weighted by molar-refractivity contribution is 5.81. The number of nitrogens with zero attached hydrogens (tertiary/aromatic N) is 1. The third-order valence-electron chi connectivity index (χ3n) is 3.82. The van der Waals surface area contributed by atoms with Crippen LogP contribution in [0.25, 0.3) is 0 Å². The Bertz CT molecular complexity index is 413. The van der Waals surface area contributed by atoms with Crippen molar-refractivity contribution in [3.05, 3.63) is 29.8 Å². The number of hydrogen-bond donors (Lipinski definition) is 1. The molecule has 3 heteroatoms. The van der Waals surface area contributed by atoms with Crippen LogP contribution in [0.1, 0.15) is 32.3 Å². The molecule has 19 heavy (non-hydrogen) atoms. The SMILES string of the molecule is CCc1ccc(NCC(=O)N2CCCC(C)C2)cc1. The van der Waals surface area contributed by atoms with E-state index in [0.717, 1.165) is 31.6 Å². The van der Waals surface area contributed by atoms with Gasteiger partial charge < -0.3 is 10.2 Å². The zero-order valence-electron chi connectivity index (χ0n) is 12.0. The Labute approximate surface area is 116 Å². The smallest absolute Gasteiger partial charge is 0.241 e. The number of amides is 1. The molecule has 0 aliphatic carbocycles. The van der Waals surface area contributed by atoms with Crippen LogP contribution in [0.4, 0.5) is 5.69 Å². The number of aryl methyl sites for hydroxylation is 1. The lowest BCUT2D eigenvalue weighted by atomic mass is 10.0. The number of hydrogen-bond acceptors (Lipinski definition) is 2. The molecule has 104 valence electrons. The third kappa shape index (κ3) is 3.98. The highest BCUT2D eigenvalue weighted by Crippen LogP contribution is 2.16. The van der Waals surface area contributed by atoms with Gasteiger partial charge in [0.1, 0.15) is 0 Å². The van der Waals surface area contributed by atoms with Crippen molar-refractivity contribution in [3.63, 3.8) is 0 Å². The fraction of sp³-hybridized carbons (Fsp3) is 0.562. The number of likely N-dealkylation sites (tertiary alicyclic amines) is 1. The van der Waals surface area contributed by atoms with E-state index in [1.54, 1.807) is 0 Å². The summed E-state index contributed by atoms with van der Waals surface area (Å²) in [5.74, 6) is 0.854. The summed E-state index contributed by atoms with van der Waals surface area (Å²) >= 11 is 0. The van der Waals surface area contributed by atoms with Gasteiger partial charge in [-0.3, -0.25) is 4.79 Å². The van der Waals surface area contributed by atoms with Gasteiger partial charge in [-0.05, 0) is 42.9 Å². The topological polar surface area (TPSA) is 32.3 Å². The zero-order chi connectivity index (χ0) is 13.7. The minimum atomic E-state index is 0.214. The molecular formula is C16H24N2O. The fourth-order valence-electron chi connectivity index (χ4n) is 2.56. The van der Waals surface area contributed by atoms with Crippen molar-refractivity contribution in [2.75, 3.05) is 25.0 Å². The molecule has 1 aromatic rings. The first-order valence-corrected chi connectivity index (χ1v) is 7.29. The van der Waals surface area contributed by atoms with Crippen LogP contribution in [0.5, 0.6) is 0 Å². The van der Waals surface area contributed by atoms with E-state index in [2.05, 4.69) is 31.3 Å². The maximum absolute atomic E-state index is 12.1. The predicted octanol–water partition coefficient (Wildman–Crippen LogP) is 2.92. The van der Waals surface area contributed by atoms with Crippen LogP contribution in [0.15, 0.2) is 24.3 Å². The van der Waals surface area contributed by atoms with Crippen LogP contribution < -0.4 is 5.32 Å². The molecule has 1 saturated heterocycles. The highest BCUT2D eigenvalue weighted by Gasteiger charge is 2.20. The number of nitrogens with one attached hydrogen (secondary N) is 1. The van der Waals surface area contributed by atoms with Crippen LogP contribution in [-0.4, -0.2) is 30.4 Å². The molecule has 0 aromatic heterocycles. The number of carbonyl (C=O) groups is 1. The molecule has 1 aliphatic heterocycles. The van der Waals surface area contributed by atoms with Gasteiger partial charge in [-0.25, -0.2) is 0 Å². The van der Waals surface area contributed by atoms with E-state index < -0.39 is 0 Å². The average Bonchev–Trinajstić information content (AvgIpc) is 2.45. The molecule has 0 spiro atoms. The molecule has 1 atom stereocenters. The lowest BCUT2D eigenvalue weighted by molar-refractivity contribution is -0.130. The monoisotopic (exact) mass is 260 g/mol. The van der Waals surface area contributed by atoms with Crippen molar-refractivity contribution in [3.8, 4) is 0 Å². The Morgan fingerprint density at radius 1 is 1.37 bits per heavy atom. The Morgan fingerprint density at radius 2 is 2.11 bits per heavy atom. The second-order valence-corrected chi connectivity index (χ2v) is 5.49. The molecule has 0 saturated carbocycles. The van der Waals surface area contributed by atoms with Crippen LogP contribution >= 0.6 is 0 Å². The minimum Gasteiger partial charge on any atom is -0.376 e. The van der Waals surface area contributed by atoms with Gasteiger partial charge in [0.25, 0.3) is 0 Å². The molecule has 0 radical (unpaired) electrons. The van der Waals surface area contributed by atoms with Crippen molar-refractivity contribution in [1.29, 1.82) is 0 Å². The van der Waals surface area contributed by atoms with Crippen LogP contribution in [0.2, 0.25) is 0 Å². The Kier molecular flexibility index (Phi) is 4.83. The molecule has 0 bridgehead atoms. The van der Waals surface area contributed by atoms with E-state index in [-0.39, 0.29) is 5.91 Å². The van der Waals surface area contributed by atoms with E-state index >= 15 is 0 Å². The van der Waals surface area contributed by atoms with Gasteiger partial charge in [0.15, 0.2) is 0 Å². The first-order chi connectivity index (χ1) is 9.19. The third-order valence-corrected chi connectivity index (χ3v) is 3.82. The van der Waals surface area contributed by atoms with E-state index in [1.165, 1.54) is 12.0 Å². The first-order valence-electron chi connectivity index (χ1n) is 7.29. The van der Waals surface area contributed by atoms with Gasteiger partial charge in [0.2, 0.25) is 5.91 Å². The van der Waals surface area contributed by atoms with Gasteiger partial charge >= 0.3 is 0 Å². The summed E-state index contributed by atoms with van der Waals surface area (Å²) in [5, 5.41) is 3.22. The summed E-state index contributed by atoms with van der Waals surface area (Å²) in [7, 11) is 0. The quantitative estimate of drug-likeness (QED) is 0.902. The first kappa shape index (κ1) is 13.9. The normalized spacial score (nSPS) is 19.3. The molecule has 2 rings (SSSR count). The summed E-state index contributed by atoms with van der Waals surface area (Å²) in [6, 6.07) is 8.31. The van der Waals surface area contributed by atoms with E-state index in [1.807, 2.05) is 17.0 Å². The summed E-state index contributed by atoms with van der Waals surface area (Å²) in [6.45, 7) is 6.59. The zero-order valence-corrected chi connectivity index (χ0v) is 12.0. The summed E-state index contributed by atoms with van der Waals surface area (Å²) in [6.07, 6.45) is 3.43. The number of piperidine rings is 1. The standard InChI is InChI=1S/C16H24N2O/c1-3-14-6-8-15(9-7-14)17-11-16(19)18-10-4-5-13(2)12-18/h6-9,13,17H,3-5,10-12H2,1-2H3. The van der Waals surface area contributed by atoms with Crippen molar-refractivity contribution < 1.29 is 4.79 Å². The molecule has 1 aromatic carbocycles. The van der Waals surface area contributed by atoms with E-state index in [9.17, 15) is 4.79 Å². The van der Waals surface area contributed by atoms with Gasteiger partial charge in [0.05, 0.1) is 6.54 Å². The maximum Gasteiger partial charge on any atom is 0.241 e. The van der Waals surface area contributed by atoms with Crippen LogP contribution in [-0.2, 0) is 11.2 Å². The van der Waals surface area contributed by atoms with Crippen molar-refractivity contribution >= 4 is 11.6 Å². The lowest BCUT2D eigenvalue weighted by Crippen LogP contribution is -2.41. The molecule has 1 fully saturated rings. The molecule has 1 aliphatic rings. The molecule has 1 N–H and O–H groups in total. The van der Waals surface area contributed by atoms with Crippen molar-refractivity contribution in [2.45, 2.75) is 33.1 Å². The minimum absolute atomic E-state index is 0.214. The number of benzene rings is 1. The number of carbonyl (C=O) groups excluding carboxylic acids is 1. The Hall–Kier alpha value is -1.51. The van der Waals surface area contributed by atoms with E-state index in [4.69, 9.17) is 0 Å². The summed E-state index contributed by atoms with van der Waals surface area (Å²) < 4.78 is 0. The largest absolute Gasteiger partial charge is 0.376 e. The summed E-state index contributed by atoms with van der Waals surface area (Å²) in [4.78, 5) is 14.1. The van der Waals surface area contributed by atoms with Gasteiger partial charge in [0, 0.05) is 18.8 Å². The lowest BCUT2D eigenvalue weighted by Gasteiger charge is -2.31. The molecule has 1 heterocycles. The Balaban J connectivity index is 1.82. The number of anilines is 1. The maximum atomic E-state index is 12.1. The van der Waals surface area contributed by atoms with Crippen molar-refractivity contribution in [2.24, 2.45) is 5.92 Å².